The molecule has 116 valence electrons. The lowest BCUT2D eigenvalue weighted by molar-refractivity contribution is 0.0570. The summed E-state index contributed by atoms with van der Waals surface area (Å²) in [5.41, 5.74) is 1.03. The molecule has 0 aliphatic rings. The third-order valence-corrected chi connectivity index (χ3v) is 3.00. The molecule has 1 atom stereocenters. The van der Waals surface area contributed by atoms with Crippen molar-refractivity contribution in [1.82, 2.24) is 15.1 Å². The normalized spacial score (nSPS) is 12.9. The Morgan fingerprint density at radius 2 is 2.05 bits per heavy atom. The molecular formula is C14H27N3O3. The molecule has 0 bridgehead atoms. The lowest BCUT2D eigenvalue weighted by atomic mass is 10.2. The Morgan fingerprint density at radius 1 is 1.30 bits per heavy atom. The van der Waals surface area contributed by atoms with Gasteiger partial charge >= 0.3 is 0 Å². The first-order valence-corrected chi connectivity index (χ1v) is 7.07. The molecule has 6 heteroatoms. The van der Waals surface area contributed by atoms with Crippen molar-refractivity contribution in [2.24, 2.45) is 0 Å². The fraction of sp³-hybridized carbons (Fsp3) is 0.786. The fourth-order valence-electron chi connectivity index (χ4n) is 2.08. The van der Waals surface area contributed by atoms with Gasteiger partial charge in [0.2, 0.25) is 0 Å². The summed E-state index contributed by atoms with van der Waals surface area (Å²) in [7, 11) is 3.34. The molecule has 20 heavy (non-hydrogen) atoms. The van der Waals surface area contributed by atoms with E-state index in [4.69, 9.17) is 14.2 Å². The molecule has 0 radical (unpaired) electrons. The largest absolute Gasteiger partial charge is 0.493 e. The van der Waals surface area contributed by atoms with Crippen molar-refractivity contribution in [2.45, 2.75) is 32.9 Å². The van der Waals surface area contributed by atoms with Crippen LogP contribution in [0.2, 0.25) is 0 Å². The Balaban J connectivity index is 2.85. The van der Waals surface area contributed by atoms with Gasteiger partial charge in [0, 0.05) is 13.2 Å². The average Bonchev–Trinajstić information content (AvgIpc) is 2.86. The molecule has 6 nitrogen and oxygen atoms in total. The number of ether oxygens (including phenoxy) is 3. The van der Waals surface area contributed by atoms with Crippen LogP contribution in [0.15, 0.2) is 6.20 Å². The van der Waals surface area contributed by atoms with E-state index in [2.05, 4.69) is 31.2 Å². The predicted octanol–water partition coefficient (Wildman–Crippen LogP) is 1.79. The number of likely N-dealkylation sites (N-methyl/N-ethyl adjacent to an activating group) is 1. The lowest BCUT2D eigenvalue weighted by Crippen LogP contribution is -2.29. The molecule has 1 heterocycles. The topological polar surface area (TPSA) is 57.5 Å². The quantitative estimate of drug-likeness (QED) is 0.664. The number of nitrogens with one attached hydrogen (secondary N) is 1. The van der Waals surface area contributed by atoms with E-state index in [0.29, 0.717) is 19.8 Å². The lowest BCUT2D eigenvalue weighted by Gasteiger charge is -2.22. The maximum Gasteiger partial charge on any atom is 0.161 e. The fourth-order valence-corrected chi connectivity index (χ4v) is 2.08. The van der Waals surface area contributed by atoms with E-state index in [1.807, 2.05) is 4.68 Å². The van der Waals surface area contributed by atoms with Gasteiger partial charge in [0.15, 0.2) is 5.75 Å². The van der Waals surface area contributed by atoms with Gasteiger partial charge in [0.1, 0.15) is 0 Å². The summed E-state index contributed by atoms with van der Waals surface area (Å²) in [6, 6.07) is 0.325. The molecule has 0 saturated carbocycles. The minimum atomic E-state index is 0.0525. The minimum Gasteiger partial charge on any atom is -0.493 e. The zero-order valence-corrected chi connectivity index (χ0v) is 13.2. The molecule has 0 spiro atoms. The first-order valence-electron chi connectivity index (χ1n) is 7.07. The Bertz CT molecular complexity index is 380. The van der Waals surface area contributed by atoms with Crippen molar-refractivity contribution in [2.75, 3.05) is 40.6 Å². The second-order valence-corrected chi connectivity index (χ2v) is 4.81. The van der Waals surface area contributed by atoms with Crippen LogP contribution in [0.25, 0.3) is 0 Å². The third kappa shape index (κ3) is 4.47. The summed E-state index contributed by atoms with van der Waals surface area (Å²) in [4.78, 5) is 0. The number of nitrogens with zero attached hydrogens (tertiary/aromatic N) is 2. The van der Waals surface area contributed by atoms with E-state index in [0.717, 1.165) is 18.0 Å². The molecular weight excluding hydrogens is 258 g/mol. The highest BCUT2D eigenvalue weighted by molar-refractivity contribution is 5.29. The van der Waals surface area contributed by atoms with Crippen LogP contribution in [0.5, 0.6) is 5.75 Å². The third-order valence-electron chi connectivity index (χ3n) is 3.00. The molecule has 1 rings (SSSR count). The molecule has 1 aromatic heterocycles. The second kappa shape index (κ2) is 8.94. The Labute approximate surface area is 121 Å². The van der Waals surface area contributed by atoms with Crippen LogP contribution in [0.1, 0.15) is 38.5 Å². The monoisotopic (exact) mass is 285 g/mol. The van der Waals surface area contributed by atoms with Crippen LogP contribution >= 0.6 is 0 Å². The Kier molecular flexibility index (Phi) is 7.58. The van der Waals surface area contributed by atoms with E-state index in [-0.39, 0.29) is 12.1 Å². The summed E-state index contributed by atoms with van der Waals surface area (Å²) in [5, 5.41) is 7.83. The highest BCUT2D eigenvalue weighted by atomic mass is 16.5. The maximum atomic E-state index is 5.66. The average molecular weight is 285 g/mol. The van der Waals surface area contributed by atoms with Crippen LogP contribution in [-0.2, 0) is 9.47 Å². The van der Waals surface area contributed by atoms with Gasteiger partial charge in [-0.25, -0.2) is 0 Å². The predicted molar refractivity (Wildman–Crippen MR) is 78.3 cm³/mol. The van der Waals surface area contributed by atoms with Gasteiger partial charge in [-0.05, 0) is 20.4 Å². The molecule has 1 unspecified atom stereocenters. The highest BCUT2D eigenvalue weighted by Gasteiger charge is 2.22. The van der Waals surface area contributed by atoms with Gasteiger partial charge in [-0.2, -0.15) is 5.10 Å². The van der Waals surface area contributed by atoms with Crippen LogP contribution in [0.4, 0.5) is 0 Å². The molecule has 1 aromatic rings. The smallest absolute Gasteiger partial charge is 0.161 e. The van der Waals surface area contributed by atoms with Crippen molar-refractivity contribution in [1.29, 1.82) is 0 Å². The summed E-state index contributed by atoms with van der Waals surface area (Å²) < 4.78 is 18.1. The van der Waals surface area contributed by atoms with Crippen LogP contribution in [0, 0.1) is 0 Å². The zero-order valence-electron chi connectivity index (χ0n) is 13.2. The molecule has 0 aliphatic carbocycles. The van der Waals surface area contributed by atoms with Gasteiger partial charge in [-0.3, -0.25) is 4.68 Å². The molecule has 0 amide bonds. The van der Waals surface area contributed by atoms with Crippen molar-refractivity contribution in [3.05, 3.63) is 11.9 Å². The molecule has 0 aromatic carbocycles. The van der Waals surface area contributed by atoms with E-state index < -0.39 is 0 Å². The molecule has 1 N–H and O–H groups in total. The number of aromatic nitrogens is 2. The van der Waals surface area contributed by atoms with E-state index in [1.165, 1.54) is 0 Å². The van der Waals surface area contributed by atoms with E-state index in [1.54, 1.807) is 20.4 Å². The Morgan fingerprint density at radius 3 is 2.60 bits per heavy atom. The zero-order chi connectivity index (χ0) is 15.0. The van der Waals surface area contributed by atoms with Crippen LogP contribution < -0.4 is 10.1 Å². The van der Waals surface area contributed by atoms with Gasteiger partial charge < -0.3 is 19.5 Å². The molecule has 0 fully saturated rings. The van der Waals surface area contributed by atoms with Crippen molar-refractivity contribution < 1.29 is 14.2 Å². The SMILES string of the molecule is CCNC(COCCOC)c1c(OC)cnn1C(C)C. The summed E-state index contributed by atoms with van der Waals surface area (Å²) in [5.74, 6) is 0.792. The summed E-state index contributed by atoms with van der Waals surface area (Å²) in [6.45, 7) is 8.87. The van der Waals surface area contributed by atoms with Gasteiger partial charge in [-0.15, -0.1) is 0 Å². The van der Waals surface area contributed by atoms with Gasteiger partial charge in [-0.1, -0.05) is 6.92 Å². The van der Waals surface area contributed by atoms with Crippen LogP contribution in [-0.4, -0.2) is 50.4 Å². The van der Waals surface area contributed by atoms with Gasteiger partial charge in [0.05, 0.1) is 44.9 Å². The van der Waals surface area contributed by atoms with Crippen molar-refractivity contribution >= 4 is 0 Å². The first kappa shape index (κ1) is 16.9. The van der Waals surface area contributed by atoms with E-state index >= 15 is 0 Å². The summed E-state index contributed by atoms with van der Waals surface area (Å²) >= 11 is 0. The second-order valence-electron chi connectivity index (χ2n) is 4.81. The number of rotatable bonds is 10. The number of hydrogen-bond donors (Lipinski definition) is 1. The Hall–Kier alpha value is -1.11. The standard InChI is InChI=1S/C14H27N3O3/c1-6-15-12(10-20-8-7-18-4)14-13(19-5)9-16-17(14)11(2)3/h9,11-12,15H,6-8,10H2,1-5H3. The number of methoxy groups -OCH3 is 2. The number of hydrogen-bond acceptors (Lipinski definition) is 5. The summed E-state index contributed by atoms with van der Waals surface area (Å²) in [6.07, 6.45) is 1.76. The minimum absolute atomic E-state index is 0.0525. The van der Waals surface area contributed by atoms with Gasteiger partial charge in [0.25, 0.3) is 0 Å². The molecule has 0 saturated heterocycles. The van der Waals surface area contributed by atoms with Crippen LogP contribution in [0.3, 0.4) is 0 Å². The van der Waals surface area contributed by atoms with E-state index in [9.17, 15) is 0 Å². The highest BCUT2D eigenvalue weighted by Crippen LogP contribution is 2.27. The molecule has 0 aliphatic heterocycles. The first-order chi connectivity index (χ1) is 9.65. The maximum absolute atomic E-state index is 5.66. The van der Waals surface area contributed by atoms with Crippen molar-refractivity contribution in [3.8, 4) is 5.75 Å². The van der Waals surface area contributed by atoms with Crippen molar-refractivity contribution in [3.63, 3.8) is 0 Å².